The molecule has 0 spiro atoms. The minimum absolute atomic E-state index is 0.0529. The Morgan fingerprint density at radius 1 is 1.27 bits per heavy atom. The van der Waals surface area contributed by atoms with E-state index in [1.54, 1.807) is 12.1 Å². The second-order valence-electron chi connectivity index (χ2n) is 4.37. The third-order valence-electron chi connectivity index (χ3n) is 2.74. The van der Waals surface area contributed by atoms with Gasteiger partial charge in [0.25, 0.3) is 0 Å². The maximum absolute atomic E-state index is 12.2. The number of nitrogens with zero attached hydrogens (tertiary/aromatic N) is 1. The first-order valence-corrected chi connectivity index (χ1v) is 6.22. The van der Waals surface area contributed by atoms with Gasteiger partial charge in [-0.3, -0.25) is 4.79 Å². The summed E-state index contributed by atoms with van der Waals surface area (Å²) in [6.45, 7) is -1.43. The lowest BCUT2D eigenvalue weighted by Crippen LogP contribution is -2.19. The van der Waals surface area contributed by atoms with E-state index in [9.17, 15) is 18.0 Å². The Balaban J connectivity index is 2.41. The predicted molar refractivity (Wildman–Crippen MR) is 73.2 cm³/mol. The van der Waals surface area contributed by atoms with Gasteiger partial charge >= 0.3 is 6.18 Å². The lowest BCUT2D eigenvalue weighted by molar-refractivity contribution is -0.153. The van der Waals surface area contributed by atoms with Gasteiger partial charge in [0.05, 0.1) is 7.11 Å². The molecule has 0 aliphatic rings. The molecule has 4 nitrogen and oxygen atoms in total. The van der Waals surface area contributed by atoms with Crippen LogP contribution in [0.15, 0.2) is 36.5 Å². The number of halogens is 3. The highest BCUT2D eigenvalue weighted by molar-refractivity contribution is 5.81. The first-order chi connectivity index (χ1) is 10.4. The summed E-state index contributed by atoms with van der Waals surface area (Å²) in [5.41, 5.74) is 1.22. The van der Waals surface area contributed by atoms with Crippen LogP contribution in [0.4, 0.5) is 13.2 Å². The third-order valence-corrected chi connectivity index (χ3v) is 2.74. The van der Waals surface area contributed by atoms with Crippen molar-refractivity contribution in [2.75, 3.05) is 13.7 Å². The van der Waals surface area contributed by atoms with Crippen LogP contribution in [-0.2, 0) is 0 Å². The SMILES string of the molecule is COc1ncccc1-c1cc(C=O)cc(OCC(F)(F)F)c1. The number of ether oxygens (including phenoxy) is 2. The van der Waals surface area contributed by atoms with Gasteiger partial charge in [0.2, 0.25) is 5.88 Å². The molecular weight excluding hydrogens is 299 g/mol. The molecule has 2 aromatic rings. The van der Waals surface area contributed by atoms with Crippen molar-refractivity contribution in [1.29, 1.82) is 0 Å². The van der Waals surface area contributed by atoms with Gasteiger partial charge in [-0.2, -0.15) is 13.2 Å². The lowest BCUT2D eigenvalue weighted by Gasteiger charge is -2.12. The van der Waals surface area contributed by atoms with Crippen molar-refractivity contribution in [1.82, 2.24) is 4.98 Å². The quantitative estimate of drug-likeness (QED) is 0.793. The number of hydrogen-bond donors (Lipinski definition) is 0. The van der Waals surface area contributed by atoms with Crippen LogP contribution < -0.4 is 9.47 Å². The molecule has 0 aliphatic carbocycles. The molecule has 2 rings (SSSR count). The van der Waals surface area contributed by atoms with Crippen LogP contribution >= 0.6 is 0 Å². The molecule has 0 saturated heterocycles. The maximum Gasteiger partial charge on any atom is 0.422 e. The average Bonchev–Trinajstić information content (AvgIpc) is 2.52. The monoisotopic (exact) mass is 311 g/mol. The normalized spacial score (nSPS) is 11.1. The Morgan fingerprint density at radius 3 is 2.68 bits per heavy atom. The summed E-state index contributed by atoms with van der Waals surface area (Å²) in [5.74, 6) is 0.246. The van der Waals surface area contributed by atoms with Gasteiger partial charge in [0.15, 0.2) is 6.61 Å². The van der Waals surface area contributed by atoms with Gasteiger partial charge in [-0.25, -0.2) is 4.98 Å². The van der Waals surface area contributed by atoms with Crippen molar-refractivity contribution in [2.24, 2.45) is 0 Å². The topological polar surface area (TPSA) is 48.4 Å². The van der Waals surface area contributed by atoms with Crippen LogP contribution in [0.25, 0.3) is 11.1 Å². The Labute approximate surface area is 124 Å². The highest BCUT2D eigenvalue weighted by atomic mass is 19.4. The average molecular weight is 311 g/mol. The fourth-order valence-corrected chi connectivity index (χ4v) is 1.87. The molecule has 0 atom stereocenters. The van der Waals surface area contributed by atoms with Crippen molar-refractivity contribution in [3.05, 3.63) is 42.1 Å². The highest BCUT2D eigenvalue weighted by Crippen LogP contribution is 2.31. The van der Waals surface area contributed by atoms with Gasteiger partial charge in [-0.1, -0.05) is 0 Å². The first kappa shape index (κ1) is 15.8. The summed E-state index contributed by atoms with van der Waals surface area (Å²) in [7, 11) is 1.43. The van der Waals surface area contributed by atoms with Crippen molar-refractivity contribution in [2.45, 2.75) is 6.18 Å². The van der Waals surface area contributed by atoms with E-state index in [-0.39, 0.29) is 11.3 Å². The number of rotatable bonds is 5. The van der Waals surface area contributed by atoms with Gasteiger partial charge in [-0.05, 0) is 35.9 Å². The number of hydrogen-bond acceptors (Lipinski definition) is 4. The van der Waals surface area contributed by atoms with Crippen LogP contribution in [0.5, 0.6) is 11.6 Å². The molecule has 1 heterocycles. The molecule has 1 aromatic heterocycles. The summed E-state index contributed by atoms with van der Waals surface area (Å²) in [6.07, 6.45) is -2.40. The van der Waals surface area contributed by atoms with Crippen LogP contribution in [0.1, 0.15) is 10.4 Å². The molecule has 0 unspecified atom stereocenters. The van der Waals surface area contributed by atoms with E-state index < -0.39 is 12.8 Å². The summed E-state index contributed by atoms with van der Waals surface area (Å²) in [5, 5.41) is 0. The van der Waals surface area contributed by atoms with E-state index >= 15 is 0 Å². The van der Waals surface area contributed by atoms with Crippen molar-refractivity contribution in [3.8, 4) is 22.8 Å². The number of carbonyl (C=O) groups is 1. The lowest BCUT2D eigenvalue weighted by atomic mass is 10.0. The van der Waals surface area contributed by atoms with Crippen molar-refractivity contribution in [3.63, 3.8) is 0 Å². The van der Waals surface area contributed by atoms with Gasteiger partial charge in [0, 0.05) is 17.3 Å². The van der Waals surface area contributed by atoms with Gasteiger partial charge in [-0.15, -0.1) is 0 Å². The van der Waals surface area contributed by atoms with Crippen molar-refractivity contribution >= 4 is 6.29 Å². The Morgan fingerprint density at radius 2 is 2.05 bits per heavy atom. The molecule has 1 aromatic carbocycles. The number of pyridine rings is 1. The summed E-state index contributed by atoms with van der Waals surface area (Å²) in [6, 6.07) is 7.50. The fourth-order valence-electron chi connectivity index (χ4n) is 1.87. The summed E-state index contributed by atoms with van der Waals surface area (Å²) >= 11 is 0. The van der Waals surface area contributed by atoms with Gasteiger partial charge in [0.1, 0.15) is 12.0 Å². The molecule has 0 saturated carbocycles. The fraction of sp³-hybridized carbons (Fsp3) is 0.200. The molecule has 0 amide bonds. The largest absolute Gasteiger partial charge is 0.484 e. The van der Waals surface area contributed by atoms with Crippen LogP contribution in [-0.4, -0.2) is 31.2 Å². The van der Waals surface area contributed by atoms with Crippen molar-refractivity contribution < 1.29 is 27.4 Å². The molecular formula is C15H12F3NO3. The smallest absolute Gasteiger partial charge is 0.422 e. The van der Waals surface area contributed by atoms with Crippen LogP contribution in [0.2, 0.25) is 0 Å². The number of aldehydes is 1. The Bertz CT molecular complexity index is 671. The molecule has 0 aliphatic heterocycles. The van der Waals surface area contributed by atoms with Gasteiger partial charge < -0.3 is 9.47 Å². The number of methoxy groups -OCH3 is 1. The van der Waals surface area contributed by atoms with Crippen LogP contribution in [0.3, 0.4) is 0 Å². The number of aromatic nitrogens is 1. The Kier molecular flexibility index (Phi) is 4.65. The number of benzene rings is 1. The molecule has 116 valence electrons. The second kappa shape index (κ2) is 6.46. The third kappa shape index (κ3) is 3.97. The maximum atomic E-state index is 12.2. The van der Waals surface area contributed by atoms with E-state index in [1.165, 1.54) is 31.5 Å². The Hall–Kier alpha value is -2.57. The second-order valence-corrected chi connectivity index (χ2v) is 4.37. The molecule has 0 N–H and O–H groups in total. The van der Waals surface area contributed by atoms with Crippen LogP contribution in [0, 0.1) is 0 Å². The molecule has 0 bridgehead atoms. The van der Waals surface area contributed by atoms with E-state index in [0.717, 1.165) is 0 Å². The zero-order chi connectivity index (χ0) is 16.2. The number of carbonyl (C=O) groups excluding carboxylic acids is 1. The van der Waals surface area contributed by atoms with E-state index in [4.69, 9.17) is 9.47 Å². The molecule has 22 heavy (non-hydrogen) atoms. The molecule has 0 fully saturated rings. The highest BCUT2D eigenvalue weighted by Gasteiger charge is 2.28. The predicted octanol–water partition coefficient (Wildman–Crippen LogP) is 3.51. The van der Waals surface area contributed by atoms with E-state index in [1.807, 2.05) is 0 Å². The molecule has 0 radical (unpaired) electrons. The minimum atomic E-state index is -4.46. The standard InChI is InChI=1S/C15H12F3NO3/c1-21-14-13(3-2-4-19-14)11-5-10(8-20)6-12(7-11)22-9-15(16,17)18/h2-8H,9H2,1H3. The zero-order valence-corrected chi connectivity index (χ0v) is 11.6. The zero-order valence-electron chi connectivity index (χ0n) is 11.6. The minimum Gasteiger partial charge on any atom is -0.484 e. The van der Waals surface area contributed by atoms with E-state index in [0.29, 0.717) is 23.3 Å². The summed E-state index contributed by atoms with van der Waals surface area (Å²) < 4.78 is 46.5. The summed E-state index contributed by atoms with van der Waals surface area (Å²) in [4.78, 5) is 15.0. The first-order valence-electron chi connectivity index (χ1n) is 6.22. The van der Waals surface area contributed by atoms with E-state index in [2.05, 4.69) is 4.98 Å². The number of alkyl halides is 3. The molecule has 7 heteroatoms.